The van der Waals surface area contributed by atoms with Gasteiger partial charge in [0.25, 0.3) is 0 Å². The smallest absolute Gasteiger partial charge is 0.314 e. The normalized spacial score (nSPS) is 20.6. The Balaban J connectivity index is 1.45. The van der Waals surface area contributed by atoms with Crippen LogP contribution in [0.1, 0.15) is 38.7 Å². The highest BCUT2D eigenvalue weighted by Gasteiger charge is 2.20. The minimum absolute atomic E-state index is 0.113. The number of piperidine rings is 1. The predicted octanol–water partition coefficient (Wildman–Crippen LogP) is 3.43. The number of urea groups is 1. The van der Waals surface area contributed by atoms with Crippen molar-refractivity contribution in [3.8, 4) is 5.75 Å². The zero-order valence-electron chi connectivity index (χ0n) is 16.6. The minimum Gasteiger partial charge on any atom is -0.492 e. The quantitative estimate of drug-likeness (QED) is 0.663. The summed E-state index contributed by atoms with van der Waals surface area (Å²) in [4.78, 5) is 14.3. The van der Waals surface area contributed by atoms with Crippen LogP contribution in [0.4, 0.5) is 4.79 Å². The van der Waals surface area contributed by atoms with Crippen LogP contribution in [0.5, 0.6) is 5.75 Å². The Morgan fingerprint density at radius 1 is 1.08 bits per heavy atom. The Morgan fingerprint density at radius 2 is 1.73 bits per heavy atom. The van der Waals surface area contributed by atoms with Gasteiger partial charge in [-0.25, -0.2) is 4.79 Å². The van der Waals surface area contributed by atoms with Crippen LogP contribution in [0.15, 0.2) is 24.3 Å². The highest BCUT2D eigenvalue weighted by Crippen LogP contribution is 2.20. The number of nitrogens with zero attached hydrogens (tertiary/aromatic N) is 1. The maximum absolute atomic E-state index is 11.8. The van der Waals surface area contributed by atoms with Crippen LogP contribution in [-0.2, 0) is 0 Å². The largest absolute Gasteiger partial charge is 0.492 e. The Hall–Kier alpha value is -1.75. The van der Waals surface area contributed by atoms with Crippen molar-refractivity contribution in [1.82, 2.24) is 15.5 Å². The van der Waals surface area contributed by atoms with Gasteiger partial charge in [0.15, 0.2) is 0 Å². The summed E-state index contributed by atoms with van der Waals surface area (Å²) in [5, 5.41) is 5.75. The number of ether oxygens (including phenoxy) is 1. The monoisotopic (exact) mass is 361 g/mol. The van der Waals surface area contributed by atoms with Gasteiger partial charge in [-0.05, 0) is 56.7 Å². The van der Waals surface area contributed by atoms with Crippen LogP contribution in [0.25, 0.3) is 0 Å². The van der Waals surface area contributed by atoms with Crippen molar-refractivity contribution in [2.75, 3.05) is 39.3 Å². The fourth-order valence-electron chi connectivity index (χ4n) is 3.67. The lowest BCUT2D eigenvalue weighted by Gasteiger charge is -2.34. The lowest BCUT2D eigenvalue weighted by Crippen LogP contribution is -2.40. The second-order valence-corrected chi connectivity index (χ2v) is 7.76. The van der Waals surface area contributed by atoms with E-state index in [-0.39, 0.29) is 6.03 Å². The summed E-state index contributed by atoms with van der Waals surface area (Å²) < 4.78 is 5.59. The molecule has 5 nitrogen and oxygen atoms in total. The Bertz CT molecular complexity index is 523. The van der Waals surface area contributed by atoms with Gasteiger partial charge >= 0.3 is 6.03 Å². The van der Waals surface area contributed by atoms with Crippen molar-refractivity contribution < 1.29 is 9.53 Å². The van der Waals surface area contributed by atoms with E-state index in [4.69, 9.17) is 4.74 Å². The van der Waals surface area contributed by atoms with Crippen LogP contribution in [0.2, 0.25) is 0 Å². The molecule has 1 saturated heterocycles. The van der Waals surface area contributed by atoms with Gasteiger partial charge in [0.05, 0.1) is 6.54 Å². The molecular formula is C21H35N3O2. The third kappa shape index (κ3) is 8.09. The van der Waals surface area contributed by atoms with E-state index in [0.29, 0.717) is 13.2 Å². The standard InChI is InChI=1S/C21H35N3O2/c1-17-6-8-20(9-7-17)26-13-11-23-21(25)22-10-4-5-12-24-15-18(2)14-19(3)16-24/h6-9,18-19H,4-5,10-16H2,1-3H3,(H2,22,23,25). The van der Waals surface area contributed by atoms with Crippen LogP contribution in [0.3, 0.4) is 0 Å². The number of carbonyl (C=O) groups is 1. The molecule has 0 bridgehead atoms. The molecule has 0 spiro atoms. The van der Waals surface area contributed by atoms with E-state index < -0.39 is 0 Å². The summed E-state index contributed by atoms with van der Waals surface area (Å²) in [6.07, 6.45) is 3.51. The molecule has 1 aliphatic heterocycles. The lowest BCUT2D eigenvalue weighted by molar-refractivity contribution is 0.139. The maximum Gasteiger partial charge on any atom is 0.314 e. The van der Waals surface area contributed by atoms with Gasteiger partial charge in [-0.2, -0.15) is 0 Å². The Kier molecular flexibility index (Phi) is 8.75. The number of likely N-dealkylation sites (tertiary alicyclic amines) is 1. The first-order chi connectivity index (χ1) is 12.5. The zero-order valence-corrected chi connectivity index (χ0v) is 16.6. The second-order valence-electron chi connectivity index (χ2n) is 7.76. The van der Waals surface area contributed by atoms with Crippen molar-refractivity contribution >= 4 is 6.03 Å². The van der Waals surface area contributed by atoms with Gasteiger partial charge in [0, 0.05) is 19.6 Å². The van der Waals surface area contributed by atoms with Gasteiger partial charge < -0.3 is 20.3 Å². The van der Waals surface area contributed by atoms with Crippen LogP contribution in [0, 0.1) is 18.8 Å². The number of hydrogen-bond donors (Lipinski definition) is 2. The molecular weight excluding hydrogens is 326 g/mol. The molecule has 1 fully saturated rings. The molecule has 1 aliphatic rings. The molecule has 0 radical (unpaired) electrons. The summed E-state index contributed by atoms with van der Waals surface area (Å²) in [6.45, 7) is 12.0. The van der Waals surface area contributed by atoms with Crippen molar-refractivity contribution in [3.05, 3.63) is 29.8 Å². The molecule has 0 aliphatic carbocycles. The number of carbonyl (C=O) groups excluding carboxylic acids is 1. The molecule has 2 N–H and O–H groups in total. The summed E-state index contributed by atoms with van der Waals surface area (Å²) in [6, 6.07) is 7.80. The van der Waals surface area contributed by atoms with E-state index in [2.05, 4.69) is 29.4 Å². The van der Waals surface area contributed by atoms with Gasteiger partial charge in [0.1, 0.15) is 12.4 Å². The predicted molar refractivity (Wildman–Crippen MR) is 107 cm³/mol. The zero-order chi connectivity index (χ0) is 18.8. The van der Waals surface area contributed by atoms with E-state index in [1.165, 1.54) is 25.1 Å². The summed E-state index contributed by atoms with van der Waals surface area (Å²) >= 11 is 0. The van der Waals surface area contributed by atoms with Gasteiger partial charge in [-0.15, -0.1) is 0 Å². The molecule has 1 aromatic carbocycles. The molecule has 1 aromatic rings. The van der Waals surface area contributed by atoms with Crippen molar-refractivity contribution in [1.29, 1.82) is 0 Å². The van der Waals surface area contributed by atoms with Crippen molar-refractivity contribution in [2.45, 2.75) is 40.0 Å². The van der Waals surface area contributed by atoms with E-state index in [1.54, 1.807) is 0 Å². The fraction of sp³-hybridized carbons (Fsp3) is 0.667. The average molecular weight is 362 g/mol. The van der Waals surface area contributed by atoms with Crippen molar-refractivity contribution in [3.63, 3.8) is 0 Å². The Morgan fingerprint density at radius 3 is 2.42 bits per heavy atom. The third-order valence-corrected chi connectivity index (χ3v) is 4.81. The molecule has 146 valence electrons. The molecule has 2 amide bonds. The van der Waals surface area contributed by atoms with Gasteiger partial charge in [-0.1, -0.05) is 31.5 Å². The van der Waals surface area contributed by atoms with Crippen LogP contribution >= 0.6 is 0 Å². The second kappa shape index (κ2) is 11.1. The Labute approximate surface area is 158 Å². The van der Waals surface area contributed by atoms with E-state index in [9.17, 15) is 4.79 Å². The number of benzene rings is 1. The van der Waals surface area contributed by atoms with Crippen LogP contribution < -0.4 is 15.4 Å². The van der Waals surface area contributed by atoms with Crippen LogP contribution in [-0.4, -0.2) is 50.3 Å². The van der Waals surface area contributed by atoms with Gasteiger partial charge in [0.2, 0.25) is 0 Å². The SMILES string of the molecule is Cc1ccc(OCCNC(=O)NCCCCN2CC(C)CC(C)C2)cc1. The third-order valence-electron chi connectivity index (χ3n) is 4.81. The summed E-state index contributed by atoms with van der Waals surface area (Å²) in [7, 11) is 0. The maximum atomic E-state index is 11.8. The summed E-state index contributed by atoms with van der Waals surface area (Å²) in [5.74, 6) is 2.45. The molecule has 0 aromatic heterocycles. The summed E-state index contributed by atoms with van der Waals surface area (Å²) in [5.41, 5.74) is 1.21. The fourth-order valence-corrected chi connectivity index (χ4v) is 3.67. The van der Waals surface area contributed by atoms with E-state index >= 15 is 0 Å². The number of hydrogen-bond acceptors (Lipinski definition) is 3. The molecule has 5 heteroatoms. The first-order valence-corrected chi connectivity index (χ1v) is 9.96. The lowest BCUT2D eigenvalue weighted by atomic mass is 9.92. The molecule has 0 saturated carbocycles. The molecule has 1 heterocycles. The minimum atomic E-state index is -0.113. The number of aryl methyl sites for hydroxylation is 1. The molecule has 2 atom stereocenters. The average Bonchev–Trinajstić information content (AvgIpc) is 2.59. The number of amides is 2. The first-order valence-electron chi connectivity index (χ1n) is 9.96. The molecule has 26 heavy (non-hydrogen) atoms. The number of unbranched alkanes of at least 4 members (excludes halogenated alkanes) is 1. The van der Waals surface area contributed by atoms with Crippen molar-refractivity contribution in [2.24, 2.45) is 11.8 Å². The van der Waals surface area contributed by atoms with E-state index in [1.807, 2.05) is 31.2 Å². The van der Waals surface area contributed by atoms with E-state index in [0.717, 1.165) is 43.5 Å². The number of rotatable bonds is 9. The highest BCUT2D eigenvalue weighted by atomic mass is 16.5. The highest BCUT2D eigenvalue weighted by molar-refractivity contribution is 5.73. The van der Waals surface area contributed by atoms with Gasteiger partial charge in [-0.3, -0.25) is 0 Å². The first kappa shape index (κ1) is 20.6. The topological polar surface area (TPSA) is 53.6 Å². The number of nitrogens with one attached hydrogen (secondary N) is 2. The molecule has 2 unspecified atom stereocenters. The molecule has 2 rings (SSSR count).